The zero-order chi connectivity index (χ0) is 25.6. The molecule has 6 atom stereocenters. The van der Waals surface area contributed by atoms with E-state index in [9.17, 15) is 24.6 Å². The summed E-state index contributed by atoms with van der Waals surface area (Å²) in [6, 6.07) is 7.66. The molecule has 3 heterocycles. The maximum Gasteiger partial charge on any atom is 0.353 e. The molecule has 35 heavy (non-hydrogen) atoms. The number of likely N-dealkylation sites (N-methyl/N-ethyl adjacent to an activating group) is 1. The van der Waals surface area contributed by atoms with E-state index in [2.05, 4.69) is 23.1 Å². The van der Waals surface area contributed by atoms with Crippen LogP contribution in [0.4, 0.5) is 0 Å². The fraction of sp³-hybridized carbons (Fsp3) is 0.560. The fourth-order valence-corrected chi connectivity index (χ4v) is 7.58. The van der Waals surface area contributed by atoms with Crippen molar-refractivity contribution in [3.05, 3.63) is 40.4 Å². The van der Waals surface area contributed by atoms with Crippen molar-refractivity contribution < 1.29 is 24.6 Å². The van der Waals surface area contributed by atoms with Crippen molar-refractivity contribution in [2.75, 3.05) is 26.9 Å². The lowest BCUT2D eigenvalue weighted by molar-refractivity contribution is -0.163. The Kier molecular flexibility index (Phi) is 7.57. The monoisotopic (exact) mass is 519 g/mol. The highest BCUT2D eigenvalue weighted by Crippen LogP contribution is 2.52. The SMILES string of the molecule is CSc1cccc(CN2CC(SC3=C(C(=O)O)N4C(=O)C(C(C)O)C4C3C)CC2C(=O)N(C)C)c1. The number of benzene rings is 1. The molecule has 0 radical (unpaired) electrons. The molecule has 10 heteroatoms. The summed E-state index contributed by atoms with van der Waals surface area (Å²) in [4.78, 5) is 44.9. The fourth-order valence-electron chi connectivity index (χ4n) is 5.54. The molecule has 3 aliphatic heterocycles. The quantitative estimate of drug-likeness (QED) is 0.399. The van der Waals surface area contributed by atoms with E-state index in [-0.39, 0.29) is 40.8 Å². The molecule has 6 unspecified atom stereocenters. The number of amides is 2. The van der Waals surface area contributed by atoms with Crippen LogP contribution < -0.4 is 0 Å². The number of aliphatic hydroxyl groups is 1. The molecule has 0 aliphatic carbocycles. The molecule has 2 saturated heterocycles. The number of hydrogen-bond donors (Lipinski definition) is 2. The van der Waals surface area contributed by atoms with Gasteiger partial charge in [-0.15, -0.1) is 23.5 Å². The normalized spacial score (nSPS) is 29.3. The molecule has 2 N–H and O–H groups in total. The third kappa shape index (κ3) is 4.73. The van der Waals surface area contributed by atoms with Crippen molar-refractivity contribution in [1.29, 1.82) is 0 Å². The second-order valence-electron chi connectivity index (χ2n) is 9.78. The molecule has 0 saturated carbocycles. The minimum Gasteiger partial charge on any atom is -0.477 e. The van der Waals surface area contributed by atoms with E-state index in [1.54, 1.807) is 37.7 Å². The first-order chi connectivity index (χ1) is 16.5. The summed E-state index contributed by atoms with van der Waals surface area (Å²) in [6.07, 6.45) is 1.81. The first kappa shape index (κ1) is 26.1. The summed E-state index contributed by atoms with van der Waals surface area (Å²) >= 11 is 3.16. The van der Waals surface area contributed by atoms with Crippen molar-refractivity contribution in [2.45, 2.75) is 55.1 Å². The third-order valence-electron chi connectivity index (χ3n) is 7.22. The van der Waals surface area contributed by atoms with Gasteiger partial charge in [-0.05, 0) is 37.3 Å². The Morgan fingerprint density at radius 1 is 1.29 bits per heavy atom. The number of carbonyl (C=O) groups is 3. The van der Waals surface area contributed by atoms with Crippen molar-refractivity contribution in [2.24, 2.45) is 11.8 Å². The molecule has 8 nitrogen and oxygen atoms in total. The Morgan fingerprint density at radius 2 is 2.00 bits per heavy atom. The molecular weight excluding hydrogens is 486 g/mol. The van der Waals surface area contributed by atoms with E-state index in [0.717, 1.165) is 5.56 Å². The van der Waals surface area contributed by atoms with Crippen LogP contribution in [0.3, 0.4) is 0 Å². The topological polar surface area (TPSA) is 101 Å². The number of β-lactam (4-membered cyclic amide) rings is 1. The Balaban J connectivity index is 1.57. The number of fused-ring (bicyclic) bond motifs is 1. The highest BCUT2D eigenvalue weighted by atomic mass is 32.2. The van der Waals surface area contributed by atoms with Crippen molar-refractivity contribution in [3.63, 3.8) is 0 Å². The van der Waals surface area contributed by atoms with E-state index < -0.39 is 18.0 Å². The molecule has 1 aromatic rings. The van der Waals surface area contributed by atoms with Gasteiger partial charge in [0.2, 0.25) is 11.8 Å². The van der Waals surface area contributed by atoms with E-state index in [1.165, 1.54) is 21.6 Å². The third-order valence-corrected chi connectivity index (χ3v) is 9.43. The van der Waals surface area contributed by atoms with Crippen molar-refractivity contribution >= 4 is 41.3 Å². The Labute approximate surface area is 214 Å². The van der Waals surface area contributed by atoms with E-state index >= 15 is 0 Å². The highest BCUT2D eigenvalue weighted by molar-refractivity contribution is 8.03. The molecule has 190 valence electrons. The first-order valence-corrected chi connectivity index (χ1v) is 13.9. The highest BCUT2D eigenvalue weighted by Gasteiger charge is 2.60. The molecular formula is C25H33N3O5S2. The van der Waals surface area contributed by atoms with E-state index in [1.807, 2.05) is 19.2 Å². The van der Waals surface area contributed by atoms with Gasteiger partial charge in [-0.3, -0.25) is 14.5 Å². The number of carboxylic acid groups (broad SMARTS) is 1. The molecule has 0 spiro atoms. The average Bonchev–Trinajstić information content (AvgIpc) is 3.30. The smallest absolute Gasteiger partial charge is 0.353 e. The number of nitrogens with zero attached hydrogens (tertiary/aromatic N) is 3. The van der Waals surface area contributed by atoms with Gasteiger partial charge in [0.15, 0.2) is 0 Å². The van der Waals surface area contributed by atoms with Gasteiger partial charge < -0.3 is 20.0 Å². The zero-order valence-electron chi connectivity index (χ0n) is 20.7. The molecule has 0 bridgehead atoms. The number of hydrogen-bond acceptors (Lipinski definition) is 7. The number of aliphatic hydroxyl groups excluding tert-OH is 1. The zero-order valence-corrected chi connectivity index (χ0v) is 22.3. The van der Waals surface area contributed by atoms with Crippen LogP contribution in [0.15, 0.2) is 39.8 Å². The Hall–Kier alpha value is -2.01. The molecule has 0 aromatic heterocycles. The van der Waals surface area contributed by atoms with Gasteiger partial charge in [-0.2, -0.15) is 0 Å². The lowest BCUT2D eigenvalue weighted by Gasteiger charge is -2.46. The van der Waals surface area contributed by atoms with Gasteiger partial charge in [0.1, 0.15) is 5.70 Å². The van der Waals surface area contributed by atoms with E-state index in [0.29, 0.717) is 24.4 Å². The second-order valence-corrected chi connectivity index (χ2v) is 12.0. The summed E-state index contributed by atoms with van der Waals surface area (Å²) in [5.41, 5.74) is 1.17. The van der Waals surface area contributed by atoms with Crippen LogP contribution >= 0.6 is 23.5 Å². The van der Waals surface area contributed by atoms with Crippen LogP contribution in [0.5, 0.6) is 0 Å². The largest absolute Gasteiger partial charge is 0.477 e. The second kappa shape index (κ2) is 10.2. The van der Waals surface area contributed by atoms with Gasteiger partial charge in [-0.25, -0.2) is 4.79 Å². The number of rotatable bonds is 8. The lowest BCUT2D eigenvalue weighted by Crippen LogP contribution is -2.63. The number of likely N-dealkylation sites (tertiary alicyclic amines) is 1. The van der Waals surface area contributed by atoms with Crippen LogP contribution in [0.2, 0.25) is 0 Å². The molecule has 2 amide bonds. The molecule has 2 fully saturated rings. The van der Waals surface area contributed by atoms with Crippen LogP contribution in [0.25, 0.3) is 0 Å². The van der Waals surface area contributed by atoms with Gasteiger partial charge in [0, 0.05) is 48.2 Å². The summed E-state index contributed by atoms with van der Waals surface area (Å²) in [7, 11) is 3.51. The van der Waals surface area contributed by atoms with Crippen LogP contribution in [-0.2, 0) is 20.9 Å². The van der Waals surface area contributed by atoms with Crippen molar-refractivity contribution in [3.8, 4) is 0 Å². The van der Waals surface area contributed by atoms with Crippen molar-refractivity contribution in [1.82, 2.24) is 14.7 Å². The number of carbonyl (C=O) groups excluding carboxylic acids is 2. The van der Waals surface area contributed by atoms with Gasteiger partial charge in [0.25, 0.3) is 0 Å². The summed E-state index contributed by atoms with van der Waals surface area (Å²) < 4.78 is 0. The lowest BCUT2D eigenvalue weighted by atomic mass is 9.79. The summed E-state index contributed by atoms with van der Waals surface area (Å²) in [5, 5.41) is 20.1. The Bertz CT molecular complexity index is 1060. The minimum absolute atomic E-state index is 0.0123. The maximum absolute atomic E-state index is 13.0. The predicted octanol–water partition coefficient (Wildman–Crippen LogP) is 2.33. The average molecular weight is 520 g/mol. The number of thioether (sulfide) groups is 2. The molecule has 3 aliphatic rings. The molecule has 4 rings (SSSR count). The van der Waals surface area contributed by atoms with Gasteiger partial charge in [0.05, 0.1) is 24.1 Å². The van der Waals surface area contributed by atoms with Crippen LogP contribution in [0, 0.1) is 11.8 Å². The summed E-state index contributed by atoms with van der Waals surface area (Å²) in [6.45, 7) is 4.78. The van der Waals surface area contributed by atoms with Crippen LogP contribution in [-0.4, -0.2) is 93.0 Å². The first-order valence-electron chi connectivity index (χ1n) is 11.8. The maximum atomic E-state index is 13.0. The summed E-state index contributed by atoms with van der Waals surface area (Å²) in [5.74, 6) is -2.17. The van der Waals surface area contributed by atoms with E-state index in [4.69, 9.17) is 0 Å². The van der Waals surface area contributed by atoms with Gasteiger partial charge >= 0.3 is 5.97 Å². The van der Waals surface area contributed by atoms with Crippen LogP contribution in [0.1, 0.15) is 25.8 Å². The molecule has 1 aromatic carbocycles. The number of carboxylic acids is 1. The Morgan fingerprint density at radius 3 is 2.60 bits per heavy atom. The standard InChI is InChI=1S/C25H33N3O5S2/c1-13-20-19(14(2)29)24(31)28(20)21(25(32)33)22(13)35-17-10-18(23(30)26(3)4)27(12-17)11-15-7-6-8-16(9-15)34-5/h6-9,13-14,17-20,29H,10-12H2,1-5H3,(H,32,33). The van der Waals surface area contributed by atoms with Gasteiger partial charge in [-0.1, -0.05) is 19.1 Å². The number of aliphatic carboxylic acids is 1. The predicted molar refractivity (Wildman–Crippen MR) is 137 cm³/mol. The minimum atomic E-state index is -1.12.